The van der Waals surface area contributed by atoms with Crippen molar-refractivity contribution in [1.82, 2.24) is 20.4 Å². The van der Waals surface area contributed by atoms with Gasteiger partial charge in [-0.3, -0.25) is 4.99 Å². The Labute approximate surface area is 155 Å². The van der Waals surface area contributed by atoms with Gasteiger partial charge in [0.05, 0.1) is 0 Å². The maximum absolute atomic E-state index is 5.27. The molecule has 23 heavy (non-hydrogen) atoms. The summed E-state index contributed by atoms with van der Waals surface area (Å²) >= 11 is 0. The van der Waals surface area contributed by atoms with Crippen molar-refractivity contribution in [2.75, 3.05) is 26.7 Å². The first-order valence-corrected chi connectivity index (χ1v) is 8.40. The monoisotopic (exact) mass is 433 g/mol. The van der Waals surface area contributed by atoms with Gasteiger partial charge in [0, 0.05) is 39.0 Å². The van der Waals surface area contributed by atoms with E-state index in [1.54, 1.807) is 0 Å². The van der Waals surface area contributed by atoms with Gasteiger partial charge in [-0.25, -0.2) is 0 Å². The number of guanidine groups is 1. The van der Waals surface area contributed by atoms with Crippen LogP contribution < -0.4 is 5.32 Å². The highest BCUT2D eigenvalue weighted by atomic mass is 127. The quantitative estimate of drug-likeness (QED) is 0.450. The van der Waals surface area contributed by atoms with Crippen LogP contribution in [0, 0.1) is 5.41 Å². The molecule has 0 aromatic carbocycles. The number of hydrogen-bond donors (Lipinski definition) is 1. The standard InChI is InChI=1S/C16H27N5O.HI/c1-12(2)14-19-13(22-20-14)5-9-18-15(17-3)21-10-8-16(11-21)6-4-7-16;/h12H,4-11H2,1-3H3,(H,17,18);1H. The van der Waals surface area contributed by atoms with E-state index in [4.69, 9.17) is 4.52 Å². The summed E-state index contributed by atoms with van der Waals surface area (Å²) < 4.78 is 5.27. The summed E-state index contributed by atoms with van der Waals surface area (Å²) in [7, 11) is 1.86. The molecule has 3 rings (SSSR count). The van der Waals surface area contributed by atoms with Crippen molar-refractivity contribution >= 4 is 29.9 Å². The van der Waals surface area contributed by atoms with Crippen LogP contribution in [0.4, 0.5) is 0 Å². The number of halogens is 1. The van der Waals surface area contributed by atoms with Gasteiger partial charge >= 0.3 is 0 Å². The predicted molar refractivity (Wildman–Crippen MR) is 101 cm³/mol. The van der Waals surface area contributed by atoms with Gasteiger partial charge in [0.1, 0.15) is 0 Å². The smallest absolute Gasteiger partial charge is 0.228 e. The minimum Gasteiger partial charge on any atom is -0.356 e. The fourth-order valence-electron chi connectivity index (χ4n) is 3.42. The first-order chi connectivity index (χ1) is 10.6. The summed E-state index contributed by atoms with van der Waals surface area (Å²) in [6.45, 7) is 7.19. The number of nitrogens with one attached hydrogen (secondary N) is 1. The average molecular weight is 433 g/mol. The molecule has 0 bridgehead atoms. The zero-order valence-electron chi connectivity index (χ0n) is 14.3. The lowest BCUT2D eigenvalue weighted by Crippen LogP contribution is -2.43. The van der Waals surface area contributed by atoms with Crippen molar-refractivity contribution in [3.05, 3.63) is 11.7 Å². The highest BCUT2D eigenvalue weighted by molar-refractivity contribution is 14.0. The fourth-order valence-corrected chi connectivity index (χ4v) is 3.42. The topological polar surface area (TPSA) is 66.5 Å². The Hall–Kier alpha value is -0.860. The first kappa shape index (κ1) is 18.5. The van der Waals surface area contributed by atoms with E-state index in [0.717, 1.165) is 37.8 Å². The molecule has 1 N–H and O–H groups in total. The minimum absolute atomic E-state index is 0. The van der Waals surface area contributed by atoms with Crippen LogP contribution >= 0.6 is 24.0 Å². The SMILES string of the molecule is CN=C(NCCc1nc(C(C)C)no1)N1CCC2(CCC2)C1.I. The molecule has 1 aliphatic carbocycles. The number of nitrogens with zero attached hydrogens (tertiary/aromatic N) is 4. The Morgan fingerprint density at radius 2 is 2.17 bits per heavy atom. The molecule has 0 radical (unpaired) electrons. The van der Waals surface area contributed by atoms with Crippen LogP contribution in [0.25, 0.3) is 0 Å². The third-order valence-electron chi connectivity index (χ3n) is 4.99. The van der Waals surface area contributed by atoms with E-state index < -0.39 is 0 Å². The lowest BCUT2D eigenvalue weighted by molar-refractivity contribution is 0.151. The van der Waals surface area contributed by atoms with E-state index in [-0.39, 0.29) is 24.0 Å². The lowest BCUT2D eigenvalue weighted by atomic mass is 9.68. The van der Waals surface area contributed by atoms with E-state index in [9.17, 15) is 0 Å². The molecule has 1 aliphatic heterocycles. The molecule has 2 fully saturated rings. The molecule has 1 aromatic heterocycles. The van der Waals surface area contributed by atoms with Gasteiger partial charge < -0.3 is 14.7 Å². The van der Waals surface area contributed by atoms with Crippen molar-refractivity contribution < 1.29 is 4.52 Å². The van der Waals surface area contributed by atoms with Crippen LogP contribution in [0.1, 0.15) is 57.2 Å². The zero-order chi connectivity index (χ0) is 15.6. The van der Waals surface area contributed by atoms with Crippen molar-refractivity contribution in [2.45, 2.75) is 51.9 Å². The van der Waals surface area contributed by atoms with Crippen LogP contribution in [0.5, 0.6) is 0 Å². The van der Waals surface area contributed by atoms with Crippen LogP contribution in [0.15, 0.2) is 9.52 Å². The van der Waals surface area contributed by atoms with Gasteiger partial charge in [-0.1, -0.05) is 25.4 Å². The number of rotatable bonds is 4. The largest absolute Gasteiger partial charge is 0.356 e. The third-order valence-corrected chi connectivity index (χ3v) is 4.99. The molecular formula is C16H28IN5O. The molecule has 1 saturated carbocycles. The second-order valence-corrected chi connectivity index (χ2v) is 6.95. The fraction of sp³-hybridized carbons (Fsp3) is 0.812. The molecule has 0 unspecified atom stereocenters. The van der Waals surface area contributed by atoms with Crippen molar-refractivity contribution in [3.8, 4) is 0 Å². The van der Waals surface area contributed by atoms with Crippen molar-refractivity contribution in [1.29, 1.82) is 0 Å². The van der Waals surface area contributed by atoms with E-state index in [0.29, 0.717) is 17.2 Å². The number of likely N-dealkylation sites (tertiary alicyclic amines) is 1. The third kappa shape index (κ3) is 4.16. The Morgan fingerprint density at radius 1 is 1.39 bits per heavy atom. The normalized spacial score (nSPS) is 19.8. The molecule has 6 nitrogen and oxygen atoms in total. The van der Waals surface area contributed by atoms with Crippen LogP contribution in [-0.4, -0.2) is 47.7 Å². The van der Waals surface area contributed by atoms with Gasteiger partial charge in [0.2, 0.25) is 5.89 Å². The Bertz CT molecular complexity index is 538. The molecule has 1 spiro atoms. The van der Waals surface area contributed by atoms with E-state index in [2.05, 4.69) is 39.2 Å². The Morgan fingerprint density at radius 3 is 2.70 bits per heavy atom. The van der Waals surface area contributed by atoms with Crippen LogP contribution in [0.3, 0.4) is 0 Å². The van der Waals surface area contributed by atoms with Crippen LogP contribution in [0.2, 0.25) is 0 Å². The van der Waals surface area contributed by atoms with E-state index >= 15 is 0 Å². The lowest BCUT2D eigenvalue weighted by Gasteiger charge is -2.38. The van der Waals surface area contributed by atoms with Crippen molar-refractivity contribution in [3.63, 3.8) is 0 Å². The summed E-state index contributed by atoms with van der Waals surface area (Å²) in [5.74, 6) is 2.79. The van der Waals surface area contributed by atoms with Crippen molar-refractivity contribution in [2.24, 2.45) is 10.4 Å². The highest BCUT2D eigenvalue weighted by Gasteiger charge is 2.43. The minimum atomic E-state index is 0. The second-order valence-electron chi connectivity index (χ2n) is 6.95. The molecule has 7 heteroatoms. The molecule has 1 saturated heterocycles. The molecular weight excluding hydrogens is 405 g/mol. The van der Waals surface area contributed by atoms with Gasteiger partial charge in [-0.15, -0.1) is 24.0 Å². The summed E-state index contributed by atoms with van der Waals surface area (Å²) in [6, 6.07) is 0. The second kappa shape index (κ2) is 7.81. The molecule has 2 heterocycles. The average Bonchev–Trinajstić information content (AvgIpc) is 3.10. The number of hydrogen-bond acceptors (Lipinski definition) is 4. The Balaban J connectivity index is 0.00000192. The number of aliphatic imine (C=N–C) groups is 1. The zero-order valence-corrected chi connectivity index (χ0v) is 16.7. The van der Waals surface area contributed by atoms with E-state index in [1.165, 1.54) is 25.7 Å². The molecule has 1 aromatic rings. The highest BCUT2D eigenvalue weighted by Crippen LogP contribution is 2.47. The van der Waals surface area contributed by atoms with Gasteiger partial charge in [0.15, 0.2) is 11.8 Å². The molecule has 2 aliphatic rings. The molecule has 0 atom stereocenters. The van der Waals surface area contributed by atoms with E-state index in [1.807, 2.05) is 7.05 Å². The summed E-state index contributed by atoms with van der Waals surface area (Å²) in [6.07, 6.45) is 6.23. The molecule has 0 amide bonds. The van der Waals surface area contributed by atoms with Gasteiger partial charge in [-0.05, 0) is 24.7 Å². The maximum atomic E-state index is 5.27. The molecule has 130 valence electrons. The maximum Gasteiger partial charge on any atom is 0.228 e. The predicted octanol–water partition coefficient (Wildman–Crippen LogP) is 2.80. The number of aromatic nitrogens is 2. The summed E-state index contributed by atoms with van der Waals surface area (Å²) in [4.78, 5) is 11.2. The summed E-state index contributed by atoms with van der Waals surface area (Å²) in [5.41, 5.74) is 0.594. The van der Waals surface area contributed by atoms with Gasteiger partial charge in [-0.2, -0.15) is 4.98 Å². The van der Waals surface area contributed by atoms with Gasteiger partial charge in [0.25, 0.3) is 0 Å². The Kier molecular flexibility index (Phi) is 6.27. The first-order valence-electron chi connectivity index (χ1n) is 8.40. The summed E-state index contributed by atoms with van der Waals surface area (Å²) in [5, 5.41) is 7.43. The van der Waals surface area contributed by atoms with Crippen LogP contribution in [-0.2, 0) is 6.42 Å².